The van der Waals surface area contributed by atoms with Crippen molar-refractivity contribution in [2.75, 3.05) is 13.1 Å². The minimum Gasteiger partial charge on any atom is -0.330 e. The Morgan fingerprint density at radius 1 is 1.00 bits per heavy atom. The van der Waals surface area contributed by atoms with E-state index >= 15 is 0 Å². The van der Waals surface area contributed by atoms with Gasteiger partial charge >= 0.3 is 0 Å². The van der Waals surface area contributed by atoms with Crippen LogP contribution in [0.15, 0.2) is 79.0 Å². The number of aromatic nitrogens is 3. The molecule has 4 aromatic rings. The van der Waals surface area contributed by atoms with E-state index < -0.39 is 0 Å². The third kappa shape index (κ3) is 4.96. The maximum absolute atomic E-state index is 13.6. The highest BCUT2D eigenvalue weighted by Crippen LogP contribution is 2.32. The molecule has 2 heterocycles. The summed E-state index contributed by atoms with van der Waals surface area (Å²) < 4.78 is 2.25. The topological polar surface area (TPSA) is 77.0 Å². The molecule has 33 heavy (non-hydrogen) atoms. The summed E-state index contributed by atoms with van der Waals surface area (Å²) in [6, 6.07) is 23.7. The van der Waals surface area contributed by atoms with E-state index in [1.165, 1.54) is 5.56 Å². The van der Waals surface area contributed by atoms with Crippen LogP contribution in [-0.4, -0.2) is 38.4 Å². The molecule has 0 spiro atoms. The molecule has 6 heteroatoms. The smallest absolute Gasteiger partial charge is 0.273 e. The molecule has 170 valence electrons. The summed E-state index contributed by atoms with van der Waals surface area (Å²) in [4.78, 5) is 24.9. The Hall–Kier alpha value is -3.51. The van der Waals surface area contributed by atoms with E-state index in [1.807, 2.05) is 53.4 Å². The van der Waals surface area contributed by atoms with Crippen LogP contribution in [0.1, 0.15) is 48.2 Å². The number of fused-ring (bicyclic) bond motifs is 1. The number of hydrogen-bond donors (Lipinski definition) is 1. The maximum Gasteiger partial charge on any atom is 0.273 e. The summed E-state index contributed by atoms with van der Waals surface area (Å²) in [7, 11) is 0. The average molecular weight is 442 g/mol. The van der Waals surface area contributed by atoms with E-state index in [4.69, 9.17) is 10.7 Å². The highest BCUT2D eigenvalue weighted by Gasteiger charge is 2.33. The molecule has 4 rings (SSSR count). The van der Waals surface area contributed by atoms with Crippen molar-refractivity contribution in [1.29, 1.82) is 0 Å². The lowest BCUT2D eigenvalue weighted by atomic mass is 10.00. The van der Waals surface area contributed by atoms with Crippen molar-refractivity contribution in [3.05, 3.63) is 96.1 Å². The van der Waals surface area contributed by atoms with E-state index in [1.54, 1.807) is 12.3 Å². The molecule has 0 saturated heterocycles. The van der Waals surface area contributed by atoms with Gasteiger partial charge in [0.15, 0.2) is 0 Å². The first-order chi connectivity index (χ1) is 16.1. The second kappa shape index (κ2) is 10.4. The summed E-state index contributed by atoms with van der Waals surface area (Å²) in [5.41, 5.74) is 9.46. The monoisotopic (exact) mass is 441 g/mol. The normalized spacial score (nSPS) is 12.2. The van der Waals surface area contributed by atoms with Crippen molar-refractivity contribution in [3.63, 3.8) is 0 Å². The van der Waals surface area contributed by atoms with Gasteiger partial charge in [0, 0.05) is 19.3 Å². The van der Waals surface area contributed by atoms with Crippen molar-refractivity contribution in [1.82, 2.24) is 19.4 Å². The van der Waals surface area contributed by atoms with Crippen LogP contribution in [0.5, 0.6) is 0 Å². The number of nitrogens with zero attached hydrogens (tertiary/aromatic N) is 4. The van der Waals surface area contributed by atoms with Gasteiger partial charge in [-0.3, -0.25) is 9.78 Å². The molecular weight excluding hydrogens is 410 g/mol. The second-order valence-corrected chi connectivity index (χ2v) is 8.58. The van der Waals surface area contributed by atoms with Crippen molar-refractivity contribution < 1.29 is 4.79 Å². The number of amides is 1. The number of rotatable bonds is 9. The Balaban J connectivity index is 1.84. The number of carbonyl (C=O) groups excluding carboxylic acids is 1. The van der Waals surface area contributed by atoms with E-state index in [-0.39, 0.29) is 17.9 Å². The van der Waals surface area contributed by atoms with Gasteiger partial charge in [0.2, 0.25) is 0 Å². The van der Waals surface area contributed by atoms with E-state index in [9.17, 15) is 4.79 Å². The summed E-state index contributed by atoms with van der Waals surface area (Å²) >= 11 is 0. The maximum atomic E-state index is 13.6. The zero-order chi connectivity index (χ0) is 23.2. The first kappa shape index (κ1) is 22.7. The summed E-state index contributed by atoms with van der Waals surface area (Å²) in [5.74, 6) is 0.930. The van der Waals surface area contributed by atoms with Crippen LogP contribution in [0.25, 0.3) is 11.0 Å². The quantitative estimate of drug-likeness (QED) is 0.410. The fraction of sp³-hybridized carbons (Fsp3) is 0.296. The first-order valence-corrected chi connectivity index (χ1v) is 11.5. The van der Waals surface area contributed by atoms with Crippen molar-refractivity contribution in [2.24, 2.45) is 11.7 Å². The van der Waals surface area contributed by atoms with Crippen LogP contribution in [-0.2, 0) is 6.54 Å². The number of hydrogen-bond acceptors (Lipinski definition) is 4. The van der Waals surface area contributed by atoms with Gasteiger partial charge in [0.1, 0.15) is 11.5 Å². The molecule has 1 amide bonds. The Morgan fingerprint density at radius 2 is 1.73 bits per heavy atom. The van der Waals surface area contributed by atoms with Crippen molar-refractivity contribution in [2.45, 2.75) is 32.9 Å². The minimum atomic E-state index is -0.220. The molecule has 0 aliphatic heterocycles. The Bertz CT molecular complexity index is 1190. The third-order valence-electron chi connectivity index (χ3n) is 5.85. The predicted molar refractivity (Wildman–Crippen MR) is 132 cm³/mol. The SMILES string of the molecule is CC(C)[C@H](c1nc2ccccc2n1Cc1ccccc1)N(CCCN)C(=O)c1ccccn1. The molecule has 1 atom stereocenters. The third-order valence-corrected chi connectivity index (χ3v) is 5.85. The number of pyridine rings is 1. The molecule has 2 aromatic heterocycles. The minimum absolute atomic E-state index is 0.0962. The average Bonchev–Trinajstić information content (AvgIpc) is 3.20. The fourth-order valence-electron chi connectivity index (χ4n) is 4.31. The van der Waals surface area contributed by atoms with Gasteiger partial charge in [0.05, 0.1) is 17.1 Å². The molecule has 2 aromatic carbocycles. The molecule has 0 aliphatic rings. The zero-order valence-electron chi connectivity index (χ0n) is 19.3. The Kier molecular flexibility index (Phi) is 7.15. The van der Waals surface area contributed by atoms with Gasteiger partial charge in [-0.1, -0.05) is 62.4 Å². The number of imidazole rings is 1. The molecule has 6 nitrogen and oxygen atoms in total. The van der Waals surface area contributed by atoms with Gasteiger partial charge < -0.3 is 15.2 Å². The highest BCUT2D eigenvalue weighted by molar-refractivity contribution is 5.92. The van der Waals surface area contributed by atoms with Gasteiger partial charge in [-0.2, -0.15) is 0 Å². The molecule has 0 radical (unpaired) electrons. The van der Waals surface area contributed by atoms with Gasteiger partial charge in [-0.15, -0.1) is 0 Å². The summed E-state index contributed by atoms with van der Waals surface area (Å²) in [5, 5.41) is 0. The molecule has 0 fully saturated rings. The standard InChI is InChI=1S/C27H31N5O/c1-20(2)25(31(18-10-16-28)27(33)23-14-8-9-17-29-23)26-30-22-13-6-7-15-24(22)32(26)19-21-11-4-3-5-12-21/h3-9,11-15,17,20,25H,10,16,18-19,28H2,1-2H3/t25-/m1/s1. The Labute approximate surface area is 195 Å². The largest absolute Gasteiger partial charge is 0.330 e. The highest BCUT2D eigenvalue weighted by atomic mass is 16.2. The van der Waals surface area contributed by atoms with Crippen LogP contribution in [0.3, 0.4) is 0 Å². The van der Waals surface area contributed by atoms with Crippen molar-refractivity contribution in [3.8, 4) is 0 Å². The summed E-state index contributed by atoms with van der Waals surface area (Å²) in [6.07, 6.45) is 2.37. The van der Waals surface area contributed by atoms with Crippen molar-refractivity contribution >= 4 is 16.9 Å². The zero-order valence-corrected chi connectivity index (χ0v) is 19.3. The van der Waals surface area contributed by atoms with Crippen LogP contribution < -0.4 is 5.73 Å². The van der Waals surface area contributed by atoms with E-state index in [0.717, 1.165) is 16.9 Å². The number of para-hydroxylation sites is 2. The van der Waals surface area contributed by atoms with Crippen LogP contribution >= 0.6 is 0 Å². The van der Waals surface area contributed by atoms with E-state index in [0.29, 0.717) is 31.7 Å². The van der Waals surface area contributed by atoms with Crippen LogP contribution in [0.4, 0.5) is 0 Å². The number of carbonyl (C=O) groups is 1. The van der Waals surface area contributed by atoms with Crippen LogP contribution in [0, 0.1) is 5.92 Å². The van der Waals surface area contributed by atoms with Gasteiger partial charge in [-0.25, -0.2) is 4.98 Å². The van der Waals surface area contributed by atoms with Gasteiger partial charge in [0.25, 0.3) is 5.91 Å². The molecule has 0 bridgehead atoms. The molecule has 2 N–H and O–H groups in total. The van der Waals surface area contributed by atoms with Crippen LogP contribution in [0.2, 0.25) is 0 Å². The summed E-state index contributed by atoms with van der Waals surface area (Å²) in [6.45, 7) is 6.01. The molecule has 0 saturated carbocycles. The lowest BCUT2D eigenvalue weighted by Gasteiger charge is -2.34. The molecule has 0 unspecified atom stereocenters. The first-order valence-electron chi connectivity index (χ1n) is 11.5. The lowest BCUT2D eigenvalue weighted by Crippen LogP contribution is -2.40. The van der Waals surface area contributed by atoms with E-state index in [2.05, 4.69) is 41.6 Å². The molecular formula is C27H31N5O. The molecule has 0 aliphatic carbocycles. The fourth-order valence-corrected chi connectivity index (χ4v) is 4.31. The van der Waals surface area contributed by atoms with Gasteiger partial charge in [-0.05, 0) is 48.7 Å². The Morgan fingerprint density at radius 3 is 2.42 bits per heavy atom. The predicted octanol–water partition coefficient (Wildman–Crippen LogP) is 4.67. The number of nitrogens with two attached hydrogens (primary N) is 1. The number of benzene rings is 2. The lowest BCUT2D eigenvalue weighted by molar-refractivity contribution is 0.0599. The second-order valence-electron chi connectivity index (χ2n) is 8.58.